The number of benzene rings is 2. The van der Waals surface area contributed by atoms with Gasteiger partial charge in [0.25, 0.3) is 0 Å². The molecule has 1 aromatic heterocycles. The molecule has 0 saturated carbocycles. The van der Waals surface area contributed by atoms with E-state index in [4.69, 9.17) is 20.9 Å². The number of carbonyl (C=O) groups is 1. The number of fused-ring (bicyclic) bond motifs is 2. The third kappa shape index (κ3) is 5.63. The van der Waals surface area contributed by atoms with Crippen molar-refractivity contribution >= 4 is 83.2 Å². The van der Waals surface area contributed by atoms with Gasteiger partial charge in [0.2, 0.25) is 0 Å². The van der Waals surface area contributed by atoms with Crippen LogP contribution in [-0.2, 0) is 21.5 Å². The van der Waals surface area contributed by atoms with Crippen LogP contribution in [-0.4, -0.2) is 72.9 Å². The van der Waals surface area contributed by atoms with Gasteiger partial charge in [0, 0.05) is 0 Å². The second kappa shape index (κ2) is 9.80. The van der Waals surface area contributed by atoms with Gasteiger partial charge < -0.3 is 0 Å². The number of ether oxygens (including phenoxy) is 1. The summed E-state index contributed by atoms with van der Waals surface area (Å²) in [6.07, 6.45) is 2.27. The quantitative estimate of drug-likeness (QED) is 0.222. The van der Waals surface area contributed by atoms with Gasteiger partial charge in [-0.2, -0.15) is 0 Å². The van der Waals surface area contributed by atoms with Crippen molar-refractivity contribution in [1.29, 1.82) is 0 Å². The topological polar surface area (TPSA) is 108 Å². The molecule has 0 unspecified atom stereocenters. The van der Waals surface area contributed by atoms with Gasteiger partial charge in [0.1, 0.15) is 0 Å². The van der Waals surface area contributed by atoms with Crippen molar-refractivity contribution in [3.05, 3.63) is 50.6 Å². The molecule has 0 amide bonds. The van der Waals surface area contributed by atoms with Crippen LogP contribution in [0.25, 0.3) is 15.9 Å². The van der Waals surface area contributed by atoms with Crippen LogP contribution in [0.15, 0.2) is 41.0 Å². The van der Waals surface area contributed by atoms with E-state index in [0.29, 0.717) is 17.3 Å². The van der Waals surface area contributed by atoms with Gasteiger partial charge in [-0.05, 0) is 0 Å². The number of aromatic nitrogens is 1. The molecular weight excluding hydrogens is 602 g/mol. The van der Waals surface area contributed by atoms with Gasteiger partial charge in [-0.25, -0.2) is 0 Å². The Labute approximate surface area is 208 Å². The van der Waals surface area contributed by atoms with Crippen LogP contribution in [0.2, 0.25) is 5.02 Å². The Bertz CT molecular complexity index is 1370. The molecule has 2 N–H and O–H groups in total. The third-order valence-corrected chi connectivity index (χ3v) is 10.7. The monoisotopic (exact) mass is 623 g/mol. The van der Waals surface area contributed by atoms with Crippen molar-refractivity contribution in [2.45, 2.75) is 13.0 Å². The van der Waals surface area contributed by atoms with Gasteiger partial charge >= 0.3 is 209 Å². The second-order valence-electron chi connectivity index (χ2n) is 7.24. The molecule has 4 rings (SSSR count). The Morgan fingerprint density at radius 2 is 2.06 bits per heavy atom. The minimum atomic E-state index is -4.06. The number of carboxylic acids is 1. The molecule has 0 atom stereocenters. The van der Waals surface area contributed by atoms with Gasteiger partial charge in [0.05, 0.1) is 0 Å². The summed E-state index contributed by atoms with van der Waals surface area (Å²) >= 11 is 6.05. The van der Waals surface area contributed by atoms with Crippen LogP contribution in [0.1, 0.15) is 11.0 Å². The number of carboxylic acid groups (broad SMARTS) is 1. The fourth-order valence-corrected chi connectivity index (χ4v) is 9.16. The Kier molecular flexibility index (Phi) is 7.21. The molecule has 0 spiro atoms. The summed E-state index contributed by atoms with van der Waals surface area (Å²) in [6.45, 7) is 0.219. The van der Waals surface area contributed by atoms with E-state index < -0.39 is 16.1 Å². The van der Waals surface area contributed by atoms with Crippen LogP contribution in [0.5, 0.6) is 5.75 Å². The summed E-state index contributed by atoms with van der Waals surface area (Å²) in [5, 5.41) is 10.1. The summed E-state index contributed by atoms with van der Waals surface area (Å²) in [5.74, 6) is -0.612. The first kappa shape index (κ1) is 24.3. The molecule has 3 aromatic rings. The number of nitrogens with zero attached hydrogens (tertiary/aromatic N) is 2. The van der Waals surface area contributed by atoms with E-state index in [0.717, 1.165) is 29.1 Å². The number of aliphatic carboxylic acids is 1. The Balaban J connectivity index is 1.78. The number of hydrogen-bond acceptors (Lipinski definition) is 5. The molecule has 2 heterocycles. The molecule has 1 aliphatic rings. The van der Waals surface area contributed by atoms with E-state index in [1.54, 1.807) is 11.7 Å². The molecule has 12 heteroatoms. The van der Waals surface area contributed by atoms with Crippen molar-refractivity contribution < 1.29 is 32.2 Å². The summed E-state index contributed by atoms with van der Waals surface area (Å²) in [7, 11) is -2.49. The van der Waals surface area contributed by atoms with Crippen LogP contribution in [0.4, 0.5) is 5.69 Å². The predicted octanol–water partition coefficient (Wildman–Crippen LogP) is 1.36. The van der Waals surface area contributed by atoms with Crippen molar-refractivity contribution in [2.24, 2.45) is 0 Å². The van der Waals surface area contributed by atoms with Gasteiger partial charge in [0.15, 0.2) is 0 Å². The first-order valence-electron chi connectivity index (χ1n) is 9.78. The van der Waals surface area contributed by atoms with Gasteiger partial charge in [-0.3, -0.25) is 0 Å². The molecule has 33 heavy (non-hydrogen) atoms. The van der Waals surface area contributed by atoms with E-state index in [1.165, 1.54) is 0 Å². The normalized spacial score (nSPS) is 14.8. The molecule has 8 nitrogen and oxygen atoms in total. The van der Waals surface area contributed by atoms with Crippen molar-refractivity contribution in [3.63, 3.8) is 0 Å². The fraction of sp³-hybridized carbons (Fsp3) is 0.238. The first-order chi connectivity index (χ1) is 15.6. The molecule has 1 aliphatic heterocycles. The molecule has 2 aromatic carbocycles. The van der Waals surface area contributed by atoms with Crippen molar-refractivity contribution in [3.8, 4) is 5.75 Å². The maximum absolute atomic E-state index is 11.6. The SMILES string of the molecule is COc1ccc2[se]c(C=C3[Se]c4ccc(Cl)cc4N3CCCS(=O)(=O)O)[n+](CC(=O)O)c2c1. The van der Waals surface area contributed by atoms with Gasteiger partial charge in [-0.15, -0.1) is 0 Å². The molecule has 174 valence electrons. The zero-order chi connectivity index (χ0) is 23.8. The third-order valence-electron chi connectivity index (χ3n) is 4.95. The van der Waals surface area contributed by atoms with Crippen LogP contribution >= 0.6 is 11.6 Å². The molecule has 0 saturated heterocycles. The average Bonchev–Trinajstić information content (AvgIpc) is 3.24. The number of rotatable bonds is 8. The van der Waals surface area contributed by atoms with Crippen LogP contribution in [0.3, 0.4) is 0 Å². The minimum absolute atomic E-state index is 0.0670. The summed E-state index contributed by atoms with van der Waals surface area (Å²) in [4.78, 5) is 13.6. The zero-order valence-corrected chi connectivity index (χ0v) is 22.4. The Morgan fingerprint density at radius 1 is 1.27 bits per heavy atom. The number of hydrogen-bond donors (Lipinski definition) is 2. The molecular formula is C21H20ClN2O6SSe2+. The first-order valence-corrected chi connectivity index (χ1v) is 15.2. The summed E-state index contributed by atoms with van der Waals surface area (Å²) < 4.78 is 42.8. The number of methoxy groups -OCH3 is 1. The van der Waals surface area contributed by atoms with E-state index in [-0.39, 0.29) is 48.2 Å². The fourth-order valence-electron chi connectivity index (χ4n) is 3.54. The second-order valence-corrected chi connectivity index (χ2v) is 13.7. The molecule has 0 fully saturated rings. The molecule has 0 bridgehead atoms. The molecule has 0 aliphatic carbocycles. The Hall–Kier alpha value is -1.84. The van der Waals surface area contributed by atoms with Crippen molar-refractivity contribution in [2.75, 3.05) is 24.3 Å². The van der Waals surface area contributed by atoms with E-state index in [1.807, 2.05) is 47.4 Å². The maximum atomic E-state index is 11.6. The standard InChI is InChI=1S/C21H19ClN2O6SSe2/c1-30-14-4-6-18-16(10-14)24(12-21(25)26)20(33-18)11-19-23(7-2-8-31(27,28)29)15-9-13(22)3-5-17(15)32-19/h3-6,9-11H,2,7-8,12H2,1H3,(H-,25,26,27,28,29)/p+1. The van der Waals surface area contributed by atoms with Crippen molar-refractivity contribution in [1.82, 2.24) is 0 Å². The van der Waals surface area contributed by atoms with Gasteiger partial charge in [-0.1, -0.05) is 0 Å². The van der Waals surface area contributed by atoms with E-state index in [2.05, 4.69) is 0 Å². The summed E-state index contributed by atoms with van der Waals surface area (Å²) in [5.41, 5.74) is 1.74. The summed E-state index contributed by atoms with van der Waals surface area (Å²) in [6, 6.07) is 11.3. The molecule has 0 radical (unpaired) electrons. The number of anilines is 1. The average molecular weight is 622 g/mol. The number of halogens is 1. The zero-order valence-electron chi connectivity index (χ0n) is 17.4. The van der Waals surface area contributed by atoms with Crippen LogP contribution < -0.4 is 18.7 Å². The Morgan fingerprint density at radius 3 is 2.76 bits per heavy atom. The van der Waals surface area contributed by atoms with E-state index >= 15 is 0 Å². The van der Waals surface area contributed by atoms with Crippen LogP contribution in [0, 0.1) is 0 Å². The predicted molar refractivity (Wildman–Crippen MR) is 128 cm³/mol. The van der Waals surface area contributed by atoms with E-state index in [9.17, 15) is 18.3 Å².